The molecule has 0 bridgehead atoms. The van der Waals surface area contributed by atoms with Crippen molar-refractivity contribution in [3.63, 3.8) is 0 Å². The Morgan fingerprint density at radius 2 is 1.69 bits per heavy atom. The molecule has 2 nitrogen and oxygen atoms in total. The molecule has 2 aromatic rings. The van der Waals surface area contributed by atoms with Crippen LogP contribution in [0.3, 0.4) is 0 Å². The van der Waals surface area contributed by atoms with E-state index >= 15 is 0 Å². The van der Waals surface area contributed by atoms with Gasteiger partial charge in [0, 0.05) is 17.1 Å². The number of Topliss-reactive ketones (excluding diaryl/α,β-unsaturated/α-hetero) is 1. The van der Waals surface area contributed by atoms with Gasteiger partial charge in [0.05, 0.1) is 7.11 Å². The van der Waals surface area contributed by atoms with Crippen LogP contribution in [0.5, 0.6) is 5.75 Å². The molecule has 0 saturated carbocycles. The van der Waals surface area contributed by atoms with Crippen LogP contribution in [0.1, 0.15) is 53.8 Å². The minimum atomic E-state index is -1.72. The van der Waals surface area contributed by atoms with E-state index in [0.29, 0.717) is 0 Å². The highest BCUT2D eigenvalue weighted by molar-refractivity contribution is 8.14. The topological polar surface area (TPSA) is 26.3 Å². The summed E-state index contributed by atoms with van der Waals surface area (Å²) >= 11 is 6.25. The molecule has 0 fully saturated rings. The van der Waals surface area contributed by atoms with Crippen LogP contribution < -0.4 is 4.74 Å². The molecule has 0 saturated heterocycles. The number of hydrogen-bond acceptors (Lipinski definition) is 3. The maximum absolute atomic E-state index is 13.4. The van der Waals surface area contributed by atoms with E-state index in [2.05, 4.69) is 39.0 Å². The molecule has 2 aromatic carbocycles. The van der Waals surface area contributed by atoms with Crippen LogP contribution in [0.25, 0.3) is 0 Å². The second kappa shape index (κ2) is 7.66. The number of hydrogen-bond donors (Lipinski definition) is 0. The van der Waals surface area contributed by atoms with Gasteiger partial charge >= 0.3 is 0 Å². The Morgan fingerprint density at radius 3 is 2.23 bits per heavy atom. The fraction of sp³-hybridized carbons (Fsp3) is 0.409. The Kier molecular flexibility index (Phi) is 5.69. The van der Waals surface area contributed by atoms with Gasteiger partial charge in [-0.15, -0.1) is 0 Å². The molecule has 1 aliphatic carbocycles. The first-order valence-electron chi connectivity index (χ1n) is 9.31. The highest BCUT2D eigenvalue weighted by atomic mass is 32.4. The van der Waals surface area contributed by atoms with Crippen molar-refractivity contribution in [3.05, 3.63) is 65.2 Å². The fourth-order valence-electron chi connectivity index (χ4n) is 4.33. The lowest BCUT2D eigenvalue weighted by molar-refractivity contribution is 0.0922. The number of methoxy groups -OCH3 is 1. The Labute approximate surface area is 162 Å². The summed E-state index contributed by atoms with van der Waals surface area (Å²) in [5, 5.41) is 0. The largest absolute Gasteiger partial charge is 0.497 e. The zero-order valence-electron chi connectivity index (χ0n) is 15.9. The van der Waals surface area contributed by atoms with E-state index in [9.17, 15) is 4.79 Å². The van der Waals surface area contributed by atoms with Crippen LogP contribution in [0.4, 0.5) is 0 Å². The van der Waals surface area contributed by atoms with Gasteiger partial charge in [-0.1, -0.05) is 69.0 Å². The molecule has 4 heteroatoms. The molecule has 0 spiro atoms. The maximum atomic E-state index is 13.4. The zero-order valence-corrected chi connectivity index (χ0v) is 17.6. The number of ketones is 1. The number of ether oxygens (including phenoxy) is 1. The predicted molar refractivity (Wildman–Crippen MR) is 114 cm³/mol. The van der Waals surface area contributed by atoms with E-state index in [4.69, 9.17) is 16.5 Å². The van der Waals surface area contributed by atoms with Gasteiger partial charge in [0.1, 0.15) is 5.75 Å². The molecule has 3 unspecified atom stereocenters. The van der Waals surface area contributed by atoms with E-state index in [1.54, 1.807) is 7.11 Å². The van der Waals surface area contributed by atoms with Gasteiger partial charge in [0.15, 0.2) is 5.78 Å². The van der Waals surface area contributed by atoms with Gasteiger partial charge in [-0.25, -0.2) is 0 Å². The third-order valence-electron chi connectivity index (χ3n) is 5.93. The third-order valence-corrected chi connectivity index (χ3v) is 11.9. The molecular weight excluding hydrogens is 359 g/mol. The van der Waals surface area contributed by atoms with Gasteiger partial charge in [-0.05, 0) is 47.5 Å². The molecule has 0 heterocycles. The van der Waals surface area contributed by atoms with Gasteiger partial charge in [-0.2, -0.15) is 0 Å². The Morgan fingerprint density at radius 1 is 1.08 bits per heavy atom. The second-order valence-corrected chi connectivity index (χ2v) is 13.0. The lowest BCUT2D eigenvalue weighted by Gasteiger charge is -2.36. The summed E-state index contributed by atoms with van der Waals surface area (Å²) in [4.78, 5) is 13.4. The van der Waals surface area contributed by atoms with Crippen LogP contribution in [-0.4, -0.2) is 25.2 Å². The molecule has 0 N–H and O–H groups in total. The highest BCUT2D eigenvalue weighted by Gasteiger charge is 2.46. The Balaban J connectivity index is 2.13. The molecule has 26 heavy (non-hydrogen) atoms. The normalized spacial score (nSPS) is 20.7. The lowest BCUT2D eigenvalue weighted by atomic mass is 9.87. The van der Waals surface area contributed by atoms with Crippen molar-refractivity contribution in [2.24, 2.45) is 5.92 Å². The lowest BCUT2D eigenvalue weighted by Crippen LogP contribution is -2.23. The van der Waals surface area contributed by atoms with Crippen molar-refractivity contribution < 1.29 is 9.53 Å². The number of carbonyl (C=O) groups is 1. The number of fused-ring (bicyclic) bond motifs is 1. The van der Waals surface area contributed by atoms with Crippen LogP contribution in [0, 0.1) is 5.92 Å². The minimum Gasteiger partial charge on any atom is -0.497 e. The molecule has 3 rings (SSSR count). The van der Waals surface area contributed by atoms with Crippen molar-refractivity contribution in [2.45, 2.75) is 32.3 Å². The molecule has 1 aliphatic rings. The highest BCUT2D eigenvalue weighted by Crippen LogP contribution is 2.65. The summed E-state index contributed by atoms with van der Waals surface area (Å²) in [5.74, 6) is 1.24. The molecule has 0 radical (unpaired) electrons. The van der Waals surface area contributed by atoms with Gasteiger partial charge in [-0.3, -0.25) is 4.79 Å². The average Bonchev–Trinajstić information content (AvgIpc) is 2.94. The molecule has 0 aliphatic heterocycles. The van der Waals surface area contributed by atoms with E-state index < -0.39 is 6.04 Å². The summed E-state index contributed by atoms with van der Waals surface area (Å²) in [6.45, 7) is 6.58. The third kappa shape index (κ3) is 3.17. The fourth-order valence-corrected chi connectivity index (χ4v) is 8.01. The van der Waals surface area contributed by atoms with Crippen molar-refractivity contribution in [1.29, 1.82) is 0 Å². The minimum absolute atomic E-state index is 0.0634. The number of benzene rings is 2. The zero-order chi connectivity index (χ0) is 18.9. The molecule has 3 atom stereocenters. The number of carbonyl (C=O) groups excluding carboxylic acids is 1. The SMILES string of the molecule is CCP(=S)(CC)C(c1ccc(OC)cc1)C1C(=O)c2ccccc2C1C. The Hall–Kier alpha value is -1.44. The van der Waals surface area contributed by atoms with Crippen LogP contribution in [-0.2, 0) is 11.8 Å². The van der Waals surface area contributed by atoms with Gasteiger partial charge in [0.25, 0.3) is 0 Å². The van der Waals surface area contributed by atoms with Crippen molar-refractivity contribution in [3.8, 4) is 5.75 Å². The van der Waals surface area contributed by atoms with Gasteiger partial charge < -0.3 is 4.74 Å². The van der Waals surface area contributed by atoms with Crippen molar-refractivity contribution in [2.75, 3.05) is 19.4 Å². The first kappa shape index (κ1) is 19.3. The van der Waals surface area contributed by atoms with E-state index in [0.717, 1.165) is 23.6 Å². The maximum Gasteiger partial charge on any atom is 0.167 e. The summed E-state index contributed by atoms with van der Waals surface area (Å²) in [6, 6.07) is 14.6. The summed E-state index contributed by atoms with van der Waals surface area (Å²) < 4.78 is 5.32. The molecule has 0 amide bonds. The Bertz CT molecular complexity index is 835. The molecule has 0 aromatic heterocycles. The summed E-state index contributed by atoms with van der Waals surface area (Å²) in [5.41, 5.74) is 3.37. The molecule has 138 valence electrons. The predicted octanol–water partition coefficient (Wildman–Crippen LogP) is 5.87. The van der Waals surface area contributed by atoms with E-state index in [1.807, 2.05) is 30.3 Å². The quantitative estimate of drug-likeness (QED) is 0.581. The van der Waals surface area contributed by atoms with E-state index in [-0.39, 0.29) is 23.3 Å². The summed E-state index contributed by atoms with van der Waals surface area (Å²) in [6.07, 6.45) is 1.95. The van der Waals surface area contributed by atoms with Crippen LogP contribution >= 0.6 is 6.04 Å². The number of rotatable bonds is 6. The smallest absolute Gasteiger partial charge is 0.167 e. The van der Waals surface area contributed by atoms with Gasteiger partial charge in [0.2, 0.25) is 0 Å². The van der Waals surface area contributed by atoms with E-state index in [1.165, 1.54) is 11.1 Å². The first-order valence-corrected chi connectivity index (χ1v) is 12.6. The van der Waals surface area contributed by atoms with Crippen LogP contribution in [0.2, 0.25) is 0 Å². The first-order chi connectivity index (χ1) is 12.5. The van der Waals surface area contributed by atoms with Crippen molar-refractivity contribution in [1.82, 2.24) is 0 Å². The average molecular weight is 386 g/mol. The monoisotopic (exact) mass is 386 g/mol. The summed E-state index contributed by atoms with van der Waals surface area (Å²) in [7, 11) is 1.67. The van der Waals surface area contributed by atoms with Crippen molar-refractivity contribution >= 4 is 23.6 Å². The standard InChI is InChI=1S/C22H27O2PS/c1-5-25(26,6-2)22(16-11-13-17(24-4)14-12-16)20-15(3)18-9-7-8-10-19(18)21(20)23/h7-15,20,22H,5-6H2,1-4H3. The molecular formula is C22H27O2PS. The second-order valence-electron chi connectivity index (χ2n) is 7.07. The van der Waals surface area contributed by atoms with Crippen LogP contribution in [0.15, 0.2) is 48.5 Å².